The number of hydroxylamine groups is 2. The second-order valence-electron chi connectivity index (χ2n) is 6.55. The van der Waals surface area contributed by atoms with Crippen molar-refractivity contribution in [3.8, 4) is 11.5 Å². The van der Waals surface area contributed by atoms with Gasteiger partial charge in [0.15, 0.2) is 23.1 Å². The molecule has 2 aromatic rings. The van der Waals surface area contributed by atoms with Gasteiger partial charge in [0.25, 0.3) is 0 Å². The fraction of sp³-hybridized carbons (Fsp3) is 0.333. The number of nitrogens with zero attached hydrogens (tertiary/aromatic N) is 1. The summed E-state index contributed by atoms with van der Waals surface area (Å²) in [7, 11) is -2.28. The van der Waals surface area contributed by atoms with E-state index >= 15 is 0 Å². The van der Waals surface area contributed by atoms with Gasteiger partial charge in [-0.05, 0) is 35.4 Å². The molecule has 4 rings (SSSR count). The summed E-state index contributed by atoms with van der Waals surface area (Å²) in [4.78, 5) is 5.36. The molecule has 2 heterocycles. The maximum absolute atomic E-state index is 13.6. The van der Waals surface area contributed by atoms with Gasteiger partial charge < -0.3 is 9.47 Å². The average molecular weight is 412 g/mol. The van der Waals surface area contributed by atoms with Gasteiger partial charge in [-0.3, -0.25) is 4.84 Å². The third-order valence-corrected chi connectivity index (χ3v) is 6.52. The minimum Gasteiger partial charge on any atom is -0.454 e. The van der Waals surface area contributed by atoms with Crippen LogP contribution in [0.1, 0.15) is 17.2 Å². The molecule has 28 heavy (non-hydrogen) atoms. The molecule has 2 aliphatic heterocycles. The van der Waals surface area contributed by atoms with Gasteiger partial charge in [-0.1, -0.05) is 12.1 Å². The summed E-state index contributed by atoms with van der Waals surface area (Å²) in [6, 6.07) is 7.70. The Hall–Kier alpha value is -2.27. The van der Waals surface area contributed by atoms with Crippen molar-refractivity contribution in [1.82, 2.24) is 9.79 Å². The molecule has 2 aromatic carbocycles. The smallest absolute Gasteiger partial charge is 0.231 e. The monoisotopic (exact) mass is 412 g/mol. The number of rotatable bonds is 5. The predicted octanol–water partition coefficient (Wildman–Crippen LogP) is 2.10. The molecular weight excluding hydrogens is 394 g/mol. The van der Waals surface area contributed by atoms with E-state index in [1.165, 1.54) is 11.1 Å². The third kappa shape index (κ3) is 3.55. The van der Waals surface area contributed by atoms with Gasteiger partial charge in [0.2, 0.25) is 16.8 Å². The lowest BCUT2D eigenvalue weighted by Crippen LogP contribution is -2.39. The highest BCUT2D eigenvalue weighted by atomic mass is 32.2. The van der Waals surface area contributed by atoms with Gasteiger partial charge in [0.05, 0.1) is 12.6 Å². The van der Waals surface area contributed by atoms with E-state index in [2.05, 4.69) is 4.72 Å². The first-order chi connectivity index (χ1) is 13.3. The Morgan fingerprint density at radius 2 is 1.89 bits per heavy atom. The number of benzene rings is 2. The molecule has 2 aliphatic rings. The van der Waals surface area contributed by atoms with Crippen LogP contribution < -0.4 is 14.2 Å². The lowest BCUT2D eigenvalue weighted by atomic mass is 10.0. The standard InChI is InChI=1S/C18H18F2N2O5S/c1-22-18(12-3-4-13(19)14(20)7-12)17(9-27-22)28(23,24)21-8-11-2-5-15-16(6-11)26-10-25-15/h2-7,17-18,21H,8-10H2,1H3. The average Bonchev–Trinajstić information content (AvgIpc) is 3.28. The summed E-state index contributed by atoms with van der Waals surface area (Å²) < 4.78 is 65.7. The van der Waals surface area contributed by atoms with Crippen molar-refractivity contribution in [3.63, 3.8) is 0 Å². The fourth-order valence-electron chi connectivity index (χ4n) is 3.32. The van der Waals surface area contributed by atoms with E-state index in [4.69, 9.17) is 14.3 Å². The van der Waals surface area contributed by atoms with E-state index < -0.39 is 32.9 Å². The lowest BCUT2D eigenvalue weighted by Gasteiger charge is -2.23. The van der Waals surface area contributed by atoms with Crippen molar-refractivity contribution in [1.29, 1.82) is 0 Å². The van der Waals surface area contributed by atoms with Crippen molar-refractivity contribution in [3.05, 3.63) is 59.2 Å². The highest BCUT2D eigenvalue weighted by Crippen LogP contribution is 2.35. The molecule has 2 atom stereocenters. The lowest BCUT2D eigenvalue weighted by molar-refractivity contribution is -0.110. The Balaban J connectivity index is 1.53. The largest absolute Gasteiger partial charge is 0.454 e. The van der Waals surface area contributed by atoms with Crippen molar-refractivity contribution in [2.75, 3.05) is 20.4 Å². The zero-order chi connectivity index (χ0) is 19.9. The van der Waals surface area contributed by atoms with Crippen LogP contribution in [0.2, 0.25) is 0 Å². The second kappa shape index (κ2) is 7.28. The number of fused-ring (bicyclic) bond motifs is 1. The summed E-state index contributed by atoms with van der Waals surface area (Å²) in [6.45, 7) is 0.0759. The summed E-state index contributed by atoms with van der Waals surface area (Å²) in [5, 5.41) is 0.355. The second-order valence-corrected chi connectivity index (χ2v) is 8.54. The van der Waals surface area contributed by atoms with Crippen molar-refractivity contribution >= 4 is 10.0 Å². The Morgan fingerprint density at radius 3 is 2.68 bits per heavy atom. The van der Waals surface area contributed by atoms with Crippen LogP contribution in [0.15, 0.2) is 36.4 Å². The number of sulfonamides is 1. The Kier molecular flexibility index (Phi) is 4.96. The minimum absolute atomic E-state index is 0.0453. The molecule has 0 spiro atoms. The fourth-order valence-corrected chi connectivity index (χ4v) is 4.81. The molecular formula is C18H18F2N2O5S. The first-order valence-electron chi connectivity index (χ1n) is 8.53. The van der Waals surface area contributed by atoms with E-state index in [1.807, 2.05) is 0 Å². The van der Waals surface area contributed by atoms with Gasteiger partial charge in [-0.2, -0.15) is 5.06 Å². The van der Waals surface area contributed by atoms with Crippen LogP contribution in [0.4, 0.5) is 8.78 Å². The molecule has 1 fully saturated rings. The van der Waals surface area contributed by atoms with Crippen LogP contribution >= 0.6 is 0 Å². The number of nitrogens with one attached hydrogen (secondary N) is 1. The Bertz CT molecular complexity index is 1000. The molecule has 0 radical (unpaired) electrons. The molecule has 0 aliphatic carbocycles. The Morgan fingerprint density at radius 1 is 1.11 bits per heavy atom. The van der Waals surface area contributed by atoms with Crippen molar-refractivity contribution < 1.29 is 31.5 Å². The summed E-state index contributed by atoms with van der Waals surface area (Å²) in [5.41, 5.74) is 1.02. The van der Waals surface area contributed by atoms with E-state index in [0.717, 1.165) is 12.1 Å². The number of ether oxygens (including phenoxy) is 2. The molecule has 0 bridgehead atoms. The zero-order valence-corrected chi connectivity index (χ0v) is 15.7. The van der Waals surface area contributed by atoms with Crippen molar-refractivity contribution in [2.24, 2.45) is 0 Å². The van der Waals surface area contributed by atoms with E-state index in [-0.39, 0.29) is 19.9 Å². The molecule has 2 unspecified atom stereocenters. The molecule has 1 N–H and O–H groups in total. The van der Waals surface area contributed by atoms with Crippen LogP contribution in [0.25, 0.3) is 0 Å². The molecule has 0 saturated carbocycles. The van der Waals surface area contributed by atoms with Crippen LogP contribution in [-0.2, 0) is 21.4 Å². The highest BCUT2D eigenvalue weighted by Gasteiger charge is 2.43. The Labute approximate surface area is 160 Å². The molecule has 150 valence electrons. The quantitative estimate of drug-likeness (QED) is 0.811. The maximum Gasteiger partial charge on any atom is 0.231 e. The van der Waals surface area contributed by atoms with E-state index in [9.17, 15) is 17.2 Å². The van der Waals surface area contributed by atoms with Gasteiger partial charge in [0.1, 0.15) is 5.25 Å². The molecule has 10 heteroatoms. The van der Waals surface area contributed by atoms with Gasteiger partial charge in [-0.15, -0.1) is 0 Å². The first-order valence-corrected chi connectivity index (χ1v) is 10.1. The number of halogens is 2. The normalized spacial score (nSPS) is 22.0. The third-order valence-electron chi connectivity index (χ3n) is 4.78. The SMILES string of the molecule is CN1OCC(S(=O)(=O)NCc2ccc3c(c2)OCO3)C1c1ccc(F)c(F)c1. The summed E-state index contributed by atoms with van der Waals surface area (Å²) in [5.74, 6) is -0.871. The molecule has 0 amide bonds. The van der Waals surface area contributed by atoms with Gasteiger partial charge in [0, 0.05) is 13.6 Å². The van der Waals surface area contributed by atoms with Crippen LogP contribution in [0.3, 0.4) is 0 Å². The topological polar surface area (TPSA) is 77.1 Å². The van der Waals surface area contributed by atoms with Crippen LogP contribution in [-0.4, -0.2) is 39.2 Å². The number of hydrogen-bond acceptors (Lipinski definition) is 6. The van der Waals surface area contributed by atoms with Gasteiger partial charge in [-0.25, -0.2) is 21.9 Å². The van der Waals surface area contributed by atoms with Gasteiger partial charge >= 0.3 is 0 Å². The highest BCUT2D eigenvalue weighted by molar-refractivity contribution is 7.90. The molecule has 1 saturated heterocycles. The molecule has 0 aromatic heterocycles. The summed E-state index contributed by atoms with van der Waals surface area (Å²) >= 11 is 0. The van der Waals surface area contributed by atoms with E-state index in [1.54, 1.807) is 25.2 Å². The zero-order valence-electron chi connectivity index (χ0n) is 14.9. The summed E-state index contributed by atoms with van der Waals surface area (Å²) in [6.07, 6.45) is 0. The first kappa shape index (κ1) is 19.1. The maximum atomic E-state index is 13.6. The number of hydrogen-bond donors (Lipinski definition) is 1. The minimum atomic E-state index is -3.83. The van der Waals surface area contributed by atoms with Crippen LogP contribution in [0, 0.1) is 11.6 Å². The van der Waals surface area contributed by atoms with E-state index in [0.29, 0.717) is 22.6 Å². The van der Waals surface area contributed by atoms with Crippen LogP contribution in [0.5, 0.6) is 11.5 Å². The predicted molar refractivity (Wildman–Crippen MR) is 94.9 cm³/mol. The van der Waals surface area contributed by atoms with Crippen molar-refractivity contribution in [2.45, 2.75) is 17.8 Å². The molecule has 7 nitrogen and oxygen atoms in total.